The molecule has 3 N–H and O–H groups in total. The van der Waals surface area contributed by atoms with Crippen LogP contribution in [0, 0.1) is 0 Å². The average molecular weight is 229 g/mol. The Bertz CT molecular complexity index is 551. The molecule has 0 spiro atoms. The third-order valence-electron chi connectivity index (χ3n) is 2.53. The quantitative estimate of drug-likeness (QED) is 0.845. The first-order chi connectivity index (χ1) is 8.22. The number of hydrogen-bond donors (Lipinski definition) is 2. The monoisotopic (exact) mass is 229 g/mol. The minimum atomic E-state index is -0.164. The van der Waals surface area contributed by atoms with Gasteiger partial charge < -0.3 is 11.1 Å². The van der Waals surface area contributed by atoms with Crippen molar-refractivity contribution in [2.75, 3.05) is 12.3 Å². The van der Waals surface area contributed by atoms with Gasteiger partial charge >= 0.3 is 0 Å². The molecule has 88 valence electrons. The van der Waals surface area contributed by atoms with Crippen LogP contribution in [0.2, 0.25) is 0 Å². The van der Waals surface area contributed by atoms with Crippen molar-refractivity contribution in [3.05, 3.63) is 35.9 Å². The number of nitrogen functional groups attached to an aromatic ring is 1. The second-order valence-corrected chi connectivity index (χ2v) is 3.87. The van der Waals surface area contributed by atoms with E-state index in [-0.39, 0.29) is 11.7 Å². The van der Waals surface area contributed by atoms with Gasteiger partial charge in [-0.2, -0.15) is 0 Å². The van der Waals surface area contributed by atoms with E-state index in [9.17, 15) is 4.79 Å². The molecule has 1 heterocycles. The summed E-state index contributed by atoms with van der Waals surface area (Å²) in [4.78, 5) is 16.1. The van der Waals surface area contributed by atoms with Gasteiger partial charge in [-0.05, 0) is 18.6 Å². The number of nitrogens with zero attached hydrogens (tertiary/aromatic N) is 1. The van der Waals surface area contributed by atoms with E-state index in [1.54, 1.807) is 6.07 Å². The Morgan fingerprint density at radius 1 is 1.41 bits per heavy atom. The lowest BCUT2D eigenvalue weighted by atomic mass is 10.1. The van der Waals surface area contributed by atoms with Crippen molar-refractivity contribution in [3.8, 4) is 0 Å². The first kappa shape index (κ1) is 11.4. The smallest absolute Gasteiger partial charge is 0.255 e. The summed E-state index contributed by atoms with van der Waals surface area (Å²) in [6, 6.07) is 9.37. The molecule has 17 heavy (non-hydrogen) atoms. The van der Waals surface area contributed by atoms with Crippen LogP contribution in [0.1, 0.15) is 23.7 Å². The van der Waals surface area contributed by atoms with Gasteiger partial charge in [0.25, 0.3) is 5.91 Å². The second kappa shape index (κ2) is 4.82. The number of benzene rings is 1. The van der Waals surface area contributed by atoms with Crippen LogP contribution in [0.5, 0.6) is 0 Å². The van der Waals surface area contributed by atoms with Crippen molar-refractivity contribution in [2.45, 2.75) is 13.3 Å². The molecule has 0 atom stereocenters. The van der Waals surface area contributed by atoms with E-state index >= 15 is 0 Å². The maximum Gasteiger partial charge on any atom is 0.255 e. The van der Waals surface area contributed by atoms with E-state index in [4.69, 9.17) is 5.73 Å². The lowest BCUT2D eigenvalue weighted by Crippen LogP contribution is -2.25. The molecule has 4 nitrogen and oxygen atoms in total. The van der Waals surface area contributed by atoms with Gasteiger partial charge in [0.15, 0.2) is 0 Å². The molecule has 0 radical (unpaired) electrons. The maximum atomic E-state index is 11.8. The van der Waals surface area contributed by atoms with Crippen molar-refractivity contribution in [2.24, 2.45) is 0 Å². The topological polar surface area (TPSA) is 68.0 Å². The summed E-state index contributed by atoms with van der Waals surface area (Å²) >= 11 is 0. The molecule has 0 aliphatic heterocycles. The number of hydrogen-bond acceptors (Lipinski definition) is 3. The van der Waals surface area contributed by atoms with E-state index in [2.05, 4.69) is 10.3 Å². The highest BCUT2D eigenvalue weighted by atomic mass is 16.1. The van der Waals surface area contributed by atoms with Crippen LogP contribution in [0.25, 0.3) is 10.9 Å². The largest absolute Gasteiger partial charge is 0.383 e. The fourth-order valence-electron chi connectivity index (χ4n) is 1.65. The molecule has 1 aromatic heterocycles. The zero-order chi connectivity index (χ0) is 12.3. The first-order valence-electron chi connectivity index (χ1n) is 5.66. The van der Waals surface area contributed by atoms with Crippen LogP contribution < -0.4 is 11.1 Å². The van der Waals surface area contributed by atoms with Gasteiger partial charge in [-0.3, -0.25) is 4.79 Å². The normalized spacial score (nSPS) is 10.4. The van der Waals surface area contributed by atoms with Gasteiger partial charge in [-0.15, -0.1) is 0 Å². The average Bonchev–Trinajstić information content (AvgIpc) is 2.35. The molecule has 0 saturated carbocycles. The molecule has 0 saturated heterocycles. The number of amides is 1. The summed E-state index contributed by atoms with van der Waals surface area (Å²) in [6.45, 7) is 2.65. The van der Waals surface area contributed by atoms with Crippen molar-refractivity contribution in [1.29, 1.82) is 0 Å². The highest BCUT2D eigenvalue weighted by molar-refractivity contribution is 6.01. The number of anilines is 1. The molecule has 0 bridgehead atoms. The molecule has 0 fully saturated rings. The van der Waals surface area contributed by atoms with Crippen LogP contribution in [0.15, 0.2) is 30.3 Å². The Morgan fingerprint density at radius 2 is 2.18 bits per heavy atom. The van der Waals surface area contributed by atoms with Gasteiger partial charge in [0.2, 0.25) is 0 Å². The molecule has 0 aliphatic rings. The van der Waals surface area contributed by atoms with Crippen molar-refractivity contribution in [3.63, 3.8) is 0 Å². The number of rotatable bonds is 3. The summed E-state index contributed by atoms with van der Waals surface area (Å²) in [5, 5.41) is 3.71. The number of pyridine rings is 1. The predicted octanol–water partition coefficient (Wildman–Crippen LogP) is 1.96. The Kier molecular flexibility index (Phi) is 3.23. The molecule has 0 aliphatic carbocycles. The van der Waals surface area contributed by atoms with E-state index in [1.165, 1.54) is 0 Å². The van der Waals surface area contributed by atoms with E-state index in [0.717, 1.165) is 17.3 Å². The number of fused-ring (bicyclic) bond motifs is 1. The fourth-order valence-corrected chi connectivity index (χ4v) is 1.65. The molecular formula is C13H15N3O. The highest BCUT2D eigenvalue weighted by Crippen LogP contribution is 2.17. The van der Waals surface area contributed by atoms with Crippen molar-refractivity contribution >= 4 is 22.6 Å². The van der Waals surface area contributed by atoms with Crippen LogP contribution in [-0.2, 0) is 0 Å². The Hall–Kier alpha value is -2.10. The summed E-state index contributed by atoms with van der Waals surface area (Å²) < 4.78 is 0. The van der Waals surface area contributed by atoms with Crippen LogP contribution in [0.3, 0.4) is 0 Å². The highest BCUT2D eigenvalue weighted by Gasteiger charge is 2.11. The van der Waals surface area contributed by atoms with E-state index in [1.807, 2.05) is 31.2 Å². The summed E-state index contributed by atoms with van der Waals surface area (Å²) in [5.74, 6) is 0.111. The lowest BCUT2D eigenvalue weighted by molar-refractivity contribution is 0.0954. The Balaban J connectivity index is 2.40. The summed E-state index contributed by atoms with van der Waals surface area (Å²) in [5.41, 5.74) is 7.03. The fraction of sp³-hybridized carbons (Fsp3) is 0.231. The summed E-state index contributed by atoms with van der Waals surface area (Å²) in [7, 11) is 0. The number of nitrogens with one attached hydrogen (secondary N) is 1. The number of carbonyl (C=O) groups excluding carboxylic acids is 1. The molecule has 4 heteroatoms. The Labute approximate surface area is 99.8 Å². The molecule has 1 aromatic carbocycles. The number of para-hydroxylation sites is 1. The third kappa shape index (κ3) is 2.36. The van der Waals surface area contributed by atoms with Gasteiger partial charge in [-0.25, -0.2) is 4.98 Å². The van der Waals surface area contributed by atoms with Crippen molar-refractivity contribution in [1.82, 2.24) is 10.3 Å². The zero-order valence-corrected chi connectivity index (χ0v) is 9.73. The molecule has 2 aromatic rings. The summed E-state index contributed by atoms with van der Waals surface area (Å²) in [6.07, 6.45) is 0.895. The van der Waals surface area contributed by atoms with Gasteiger partial charge in [-0.1, -0.05) is 25.1 Å². The standard InChI is InChI=1S/C13H15N3O/c1-2-7-15-13(17)10-8-9-5-3-4-6-11(9)16-12(10)14/h3-6,8H,2,7H2,1H3,(H2,14,16)(H,15,17). The second-order valence-electron chi connectivity index (χ2n) is 3.87. The number of aromatic nitrogens is 1. The van der Waals surface area contributed by atoms with E-state index in [0.29, 0.717) is 12.1 Å². The predicted molar refractivity (Wildman–Crippen MR) is 68.8 cm³/mol. The van der Waals surface area contributed by atoms with Crippen LogP contribution >= 0.6 is 0 Å². The number of nitrogens with two attached hydrogens (primary N) is 1. The van der Waals surface area contributed by atoms with E-state index < -0.39 is 0 Å². The van der Waals surface area contributed by atoms with Crippen LogP contribution in [0.4, 0.5) is 5.82 Å². The van der Waals surface area contributed by atoms with Crippen LogP contribution in [-0.4, -0.2) is 17.4 Å². The van der Waals surface area contributed by atoms with Gasteiger partial charge in [0, 0.05) is 11.9 Å². The first-order valence-corrected chi connectivity index (χ1v) is 5.66. The molecular weight excluding hydrogens is 214 g/mol. The number of carbonyl (C=O) groups is 1. The SMILES string of the molecule is CCCNC(=O)c1cc2ccccc2nc1N. The Morgan fingerprint density at radius 3 is 2.94 bits per heavy atom. The minimum absolute atomic E-state index is 0.164. The molecule has 1 amide bonds. The third-order valence-corrected chi connectivity index (χ3v) is 2.53. The zero-order valence-electron chi connectivity index (χ0n) is 9.73. The minimum Gasteiger partial charge on any atom is -0.383 e. The maximum absolute atomic E-state index is 11.8. The molecule has 0 unspecified atom stereocenters. The lowest BCUT2D eigenvalue weighted by Gasteiger charge is -2.07. The van der Waals surface area contributed by atoms with Gasteiger partial charge in [0.05, 0.1) is 11.1 Å². The van der Waals surface area contributed by atoms with Crippen molar-refractivity contribution < 1.29 is 4.79 Å². The van der Waals surface area contributed by atoms with Gasteiger partial charge in [0.1, 0.15) is 5.82 Å². The molecule has 2 rings (SSSR count).